The lowest BCUT2D eigenvalue weighted by molar-refractivity contribution is 0.140. The molecule has 1 unspecified atom stereocenters. The molecule has 22 heavy (non-hydrogen) atoms. The van der Waals surface area contributed by atoms with Gasteiger partial charge < -0.3 is 5.11 Å². The molecule has 116 valence electrons. The summed E-state index contributed by atoms with van der Waals surface area (Å²) in [6.07, 6.45) is 1.15. The maximum Gasteiger partial charge on any atom is 0.0963 e. The molecule has 0 heterocycles. The number of aliphatic hydroxyl groups excluding tert-OH is 1. The van der Waals surface area contributed by atoms with Gasteiger partial charge in [0, 0.05) is 18.4 Å². The molecule has 2 rings (SSSR count). The normalized spacial score (nSPS) is 16.9. The number of hydrogen-bond donors (Lipinski definition) is 1. The van der Waals surface area contributed by atoms with E-state index in [-0.39, 0.29) is 5.92 Å². The van der Waals surface area contributed by atoms with E-state index in [0.717, 1.165) is 5.56 Å². The topological polar surface area (TPSA) is 49.7 Å². The van der Waals surface area contributed by atoms with Crippen molar-refractivity contribution in [2.24, 2.45) is 10.3 Å². The van der Waals surface area contributed by atoms with Crippen LogP contribution in [-0.2, 0) is 9.73 Å². The Balaban J connectivity index is 2.21. The number of benzene rings is 2. The SMILES string of the molecule is CN=S(=O)(/C=C\[C@H](C)[C@@H](O)c1ccccc1)c1ccccc1. The Labute approximate surface area is 132 Å². The van der Waals surface area contributed by atoms with Gasteiger partial charge in [-0.25, -0.2) is 8.57 Å². The zero-order valence-corrected chi connectivity index (χ0v) is 13.6. The fourth-order valence-corrected chi connectivity index (χ4v) is 3.65. The zero-order valence-electron chi connectivity index (χ0n) is 12.8. The molecule has 0 radical (unpaired) electrons. The van der Waals surface area contributed by atoms with Gasteiger partial charge in [-0.1, -0.05) is 61.5 Å². The first kappa shape index (κ1) is 16.5. The van der Waals surface area contributed by atoms with Crippen LogP contribution in [0.15, 0.2) is 81.4 Å². The smallest absolute Gasteiger partial charge is 0.0963 e. The van der Waals surface area contributed by atoms with Crippen molar-refractivity contribution in [3.05, 3.63) is 77.7 Å². The molecule has 4 heteroatoms. The minimum atomic E-state index is -2.58. The molecular formula is C18H21NO2S. The highest BCUT2D eigenvalue weighted by Gasteiger charge is 2.15. The second-order valence-electron chi connectivity index (χ2n) is 5.11. The van der Waals surface area contributed by atoms with Crippen molar-refractivity contribution < 1.29 is 9.32 Å². The van der Waals surface area contributed by atoms with Gasteiger partial charge in [0.25, 0.3) is 0 Å². The van der Waals surface area contributed by atoms with E-state index in [1.807, 2.05) is 55.5 Å². The van der Waals surface area contributed by atoms with Crippen molar-refractivity contribution in [1.29, 1.82) is 0 Å². The lowest BCUT2D eigenvalue weighted by Crippen LogP contribution is -2.07. The van der Waals surface area contributed by atoms with Gasteiger partial charge in [0.05, 0.1) is 20.7 Å². The van der Waals surface area contributed by atoms with Crippen LogP contribution in [0.25, 0.3) is 0 Å². The molecule has 1 N–H and O–H groups in total. The van der Waals surface area contributed by atoms with Gasteiger partial charge in [-0.3, -0.25) is 0 Å². The molecule has 0 aliphatic heterocycles. The van der Waals surface area contributed by atoms with Crippen molar-refractivity contribution >= 4 is 9.73 Å². The molecule has 0 aliphatic carbocycles. The molecule has 3 atom stereocenters. The summed E-state index contributed by atoms with van der Waals surface area (Å²) in [6, 6.07) is 18.6. The van der Waals surface area contributed by atoms with Crippen molar-refractivity contribution in [2.75, 3.05) is 7.05 Å². The van der Waals surface area contributed by atoms with Crippen LogP contribution >= 0.6 is 0 Å². The predicted octanol–water partition coefficient (Wildman–Crippen LogP) is 4.03. The molecule has 2 aromatic carbocycles. The van der Waals surface area contributed by atoms with Gasteiger partial charge in [-0.15, -0.1) is 0 Å². The van der Waals surface area contributed by atoms with Gasteiger partial charge in [0.1, 0.15) is 0 Å². The molecule has 0 saturated carbocycles. The van der Waals surface area contributed by atoms with Crippen LogP contribution in [0.4, 0.5) is 0 Å². The summed E-state index contributed by atoms with van der Waals surface area (Å²) in [5.74, 6) is -0.159. The summed E-state index contributed by atoms with van der Waals surface area (Å²) >= 11 is 0. The van der Waals surface area contributed by atoms with E-state index >= 15 is 0 Å². The molecule has 0 aliphatic rings. The van der Waals surface area contributed by atoms with Crippen LogP contribution < -0.4 is 0 Å². The summed E-state index contributed by atoms with van der Waals surface area (Å²) in [7, 11) is -1.03. The number of rotatable bonds is 5. The minimum Gasteiger partial charge on any atom is -0.388 e. The second-order valence-corrected chi connectivity index (χ2v) is 7.35. The van der Waals surface area contributed by atoms with Crippen LogP contribution in [-0.4, -0.2) is 16.4 Å². The van der Waals surface area contributed by atoms with Crippen LogP contribution in [0.3, 0.4) is 0 Å². The fraction of sp³-hybridized carbons (Fsp3) is 0.222. The Morgan fingerprint density at radius 2 is 1.59 bits per heavy atom. The lowest BCUT2D eigenvalue weighted by Gasteiger charge is -2.16. The Bertz CT molecular complexity index is 732. The average molecular weight is 315 g/mol. The van der Waals surface area contributed by atoms with E-state index in [4.69, 9.17) is 0 Å². The number of aliphatic hydroxyl groups is 1. The van der Waals surface area contributed by atoms with E-state index in [1.54, 1.807) is 30.7 Å². The van der Waals surface area contributed by atoms with Gasteiger partial charge in [-0.05, 0) is 17.7 Å². The van der Waals surface area contributed by atoms with Crippen molar-refractivity contribution in [3.63, 3.8) is 0 Å². The van der Waals surface area contributed by atoms with Gasteiger partial charge in [0.2, 0.25) is 0 Å². The Morgan fingerprint density at radius 1 is 1.05 bits per heavy atom. The summed E-state index contributed by atoms with van der Waals surface area (Å²) in [6.45, 7) is 1.90. The molecule has 0 aromatic heterocycles. The average Bonchev–Trinajstić information content (AvgIpc) is 2.60. The van der Waals surface area contributed by atoms with Crippen LogP contribution in [0.5, 0.6) is 0 Å². The highest BCUT2D eigenvalue weighted by molar-refractivity contribution is 7.96. The Morgan fingerprint density at radius 3 is 2.14 bits per heavy atom. The highest BCUT2D eigenvalue weighted by atomic mass is 32.2. The van der Waals surface area contributed by atoms with E-state index in [9.17, 15) is 9.32 Å². The van der Waals surface area contributed by atoms with E-state index in [2.05, 4.69) is 4.36 Å². The van der Waals surface area contributed by atoms with Crippen molar-refractivity contribution in [2.45, 2.75) is 17.9 Å². The standard InChI is InChI=1S/C18H21NO2S/c1-15(18(20)16-9-5-3-6-10-16)13-14-22(21,19-2)17-11-7-4-8-12-17/h3-15,18,20H,1-2H3/b14-13-/t15-,18+,22?/m0/s1. The summed E-state index contributed by atoms with van der Waals surface area (Å²) < 4.78 is 16.9. The van der Waals surface area contributed by atoms with Crippen molar-refractivity contribution in [3.8, 4) is 0 Å². The van der Waals surface area contributed by atoms with Crippen LogP contribution in [0, 0.1) is 5.92 Å². The Hall–Kier alpha value is -1.91. The summed E-state index contributed by atoms with van der Waals surface area (Å²) in [5, 5.41) is 12.0. The monoisotopic (exact) mass is 315 g/mol. The highest BCUT2D eigenvalue weighted by Crippen LogP contribution is 2.24. The zero-order chi connectivity index (χ0) is 16.0. The summed E-state index contributed by atoms with van der Waals surface area (Å²) in [4.78, 5) is 0.676. The quantitative estimate of drug-likeness (QED) is 0.905. The van der Waals surface area contributed by atoms with Crippen LogP contribution in [0.2, 0.25) is 0 Å². The van der Waals surface area contributed by atoms with Crippen LogP contribution in [0.1, 0.15) is 18.6 Å². The molecule has 0 spiro atoms. The molecule has 3 nitrogen and oxygen atoms in total. The lowest BCUT2D eigenvalue weighted by atomic mass is 9.98. The number of nitrogens with zero attached hydrogens (tertiary/aromatic N) is 1. The van der Waals surface area contributed by atoms with E-state index in [1.165, 1.54) is 0 Å². The largest absolute Gasteiger partial charge is 0.388 e. The maximum absolute atomic E-state index is 12.9. The molecule has 2 aromatic rings. The minimum absolute atomic E-state index is 0.159. The predicted molar refractivity (Wildman–Crippen MR) is 90.9 cm³/mol. The van der Waals surface area contributed by atoms with E-state index < -0.39 is 15.8 Å². The third-order valence-corrected chi connectivity index (χ3v) is 5.57. The summed E-state index contributed by atoms with van der Waals surface area (Å²) in [5.41, 5.74) is 0.847. The third-order valence-electron chi connectivity index (χ3n) is 3.56. The molecular weight excluding hydrogens is 294 g/mol. The Kier molecular flexibility index (Phi) is 5.52. The molecule has 0 amide bonds. The van der Waals surface area contributed by atoms with Gasteiger partial charge in [-0.2, -0.15) is 0 Å². The van der Waals surface area contributed by atoms with Gasteiger partial charge >= 0.3 is 0 Å². The molecule has 0 fully saturated rings. The van der Waals surface area contributed by atoms with E-state index in [0.29, 0.717) is 4.90 Å². The van der Waals surface area contributed by atoms with Gasteiger partial charge in [0.15, 0.2) is 0 Å². The maximum atomic E-state index is 12.9. The first-order chi connectivity index (χ1) is 10.6. The molecule has 0 bridgehead atoms. The first-order valence-electron chi connectivity index (χ1n) is 7.18. The first-order valence-corrected chi connectivity index (χ1v) is 8.76. The second kappa shape index (κ2) is 7.38. The fourth-order valence-electron chi connectivity index (χ4n) is 2.15. The number of hydrogen-bond acceptors (Lipinski definition) is 3. The molecule has 0 saturated heterocycles. The third kappa shape index (κ3) is 3.84. The van der Waals surface area contributed by atoms with Crippen molar-refractivity contribution in [1.82, 2.24) is 0 Å².